The molecular formula is C17H18N4O2S. The highest BCUT2D eigenvalue weighted by Gasteiger charge is 2.31. The monoisotopic (exact) mass is 342 g/mol. The van der Waals surface area contributed by atoms with Crippen LogP contribution in [0.15, 0.2) is 40.4 Å². The number of aromatic nitrogens is 3. The first-order valence-corrected chi connectivity index (χ1v) is 8.82. The Morgan fingerprint density at radius 2 is 2.33 bits per heavy atom. The minimum absolute atomic E-state index is 0.194. The molecule has 0 spiro atoms. The van der Waals surface area contributed by atoms with Crippen LogP contribution >= 0.6 is 11.3 Å². The van der Waals surface area contributed by atoms with Gasteiger partial charge in [-0.15, -0.1) is 11.3 Å². The van der Waals surface area contributed by atoms with Gasteiger partial charge < -0.3 is 9.26 Å². The van der Waals surface area contributed by atoms with Gasteiger partial charge in [0.2, 0.25) is 17.6 Å². The van der Waals surface area contributed by atoms with Crippen LogP contribution in [0.2, 0.25) is 0 Å². The zero-order chi connectivity index (χ0) is 16.4. The number of nitrogens with zero attached hydrogens (tertiary/aromatic N) is 4. The average molecular weight is 342 g/mol. The predicted molar refractivity (Wildman–Crippen MR) is 90.8 cm³/mol. The lowest BCUT2D eigenvalue weighted by molar-refractivity contribution is 0.202. The van der Waals surface area contributed by atoms with Gasteiger partial charge in [0, 0.05) is 29.2 Å². The zero-order valence-electron chi connectivity index (χ0n) is 13.4. The molecule has 6 nitrogen and oxygen atoms in total. The molecule has 0 aliphatic carbocycles. The highest BCUT2D eigenvalue weighted by Crippen LogP contribution is 2.33. The van der Waals surface area contributed by atoms with Crippen molar-refractivity contribution in [3.63, 3.8) is 0 Å². The van der Waals surface area contributed by atoms with Gasteiger partial charge in [-0.3, -0.25) is 4.90 Å². The molecule has 0 bridgehead atoms. The van der Waals surface area contributed by atoms with Crippen LogP contribution in [0, 0.1) is 0 Å². The number of hydrogen-bond donors (Lipinski definition) is 0. The van der Waals surface area contributed by atoms with Gasteiger partial charge in [0.15, 0.2) is 0 Å². The number of methoxy groups -OCH3 is 1. The fraction of sp³-hybridized carbons (Fsp3) is 0.353. The number of thiophene rings is 1. The molecule has 0 aromatic carbocycles. The van der Waals surface area contributed by atoms with E-state index in [1.54, 1.807) is 30.7 Å². The van der Waals surface area contributed by atoms with Crippen molar-refractivity contribution in [2.24, 2.45) is 0 Å². The van der Waals surface area contributed by atoms with Gasteiger partial charge in [0.1, 0.15) is 0 Å². The fourth-order valence-corrected chi connectivity index (χ4v) is 3.75. The maximum atomic E-state index is 5.55. The van der Waals surface area contributed by atoms with Gasteiger partial charge in [-0.25, -0.2) is 4.98 Å². The molecule has 1 atom stereocenters. The molecule has 1 fully saturated rings. The minimum Gasteiger partial charge on any atom is -0.481 e. The Labute approximate surface area is 144 Å². The molecule has 3 aromatic rings. The minimum atomic E-state index is 0.194. The van der Waals surface area contributed by atoms with Gasteiger partial charge >= 0.3 is 0 Å². The van der Waals surface area contributed by atoms with Crippen molar-refractivity contribution in [3.8, 4) is 17.3 Å². The van der Waals surface area contributed by atoms with Gasteiger partial charge in [-0.2, -0.15) is 4.98 Å². The van der Waals surface area contributed by atoms with E-state index in [9.17, 15) is 0 Å². The van der Waals surface area contributed by atoms with E-state index >= 15 is 0 Å². The van der Waals surface area contributed by atoms with Crippen molar-refractivity contribution < 1.29 is 9.26 Å². The molecule has 1 aliphatic heterocycles. The summed E-state index contributed by atoms with van der Waals surface area (Å²) in [5.41, 5.74) is 0.827. The van der Waals surface area contributed by atoms with Crippen molar-refractivity contribution >= 4 is 11.3 Å². The van der Waals surface area contributed by atoms with Gasteiger partial charge in [-0.05, 0) is 36.9 Å². The predicted octanol–water partition coefficient (Wildman–Crippen LogP) is 3.54. The lowest BCUT2D eigenvalue weighted by atomic mass is 10.2. The Kier molecular flexibility index (Phi) is 4.27. The van der Waals surface area contributed by atoms with E-state index in [0.717, 1.165) is 31.5 Å². The third-order valence-electron chi connectivity index (χ3n) is 4.23. The zero-order valence-corrected chi connectivity index (χ0v) is 14.2. The van der Waals surface area contributed by atoms with Gasteiger partial charge in [0.25, 0.3) is 0 Å². The van der Waals surface area contributed by atoms with Crippen LogP contribution < -0.4 is 4.74 Å². The summed E-state index contributed by atoms with van der Waals surface area (Å²) in [7, 11) is 1.59. The van der Waals surface area contributed by atoms with Gasteiger partial charge in [-0.1, -0.05) is 11.2 Å². The molecule has 1 saturated heterocycles. The summed E-state index contributed by atoms with van der Waals surface area (Å²) in [5.74, 6) is 1.83. The summed E-state index contributed by atoms with van der Waals surface area (Å²) in [6.45, 7) is 1.99. The largest absolute Gasteiger partial charge is 0.481 e. The lowest BCUT2D eigenvalue weighted by Gasteiger charge is -2.20. The van der Waals surface area contributed by atoms with Crippen molar-refractivity contribution in [1.29, 1.82) is 0 Å². The van der Waals surface area contributed by atoms with E-state index < -0.39 is 0 Å². The van der Waals surface area contributed by atoms with E-state index in [1.165, 1.54) is 4.88 Å². The molecule has 3 aromatic heterocycles. The highest BCUT2D eigenvalue weighted by molar-refractivity contribution is 7.09. The smallest absolute Gasteiger partial charge is 0.244 e. The second-order valence-electron chi connectivity index (χ2n) is 5.75. The molecule has 4 heterocycles. The van der Waals surface area contributed by atoms with Crippen LogP contribution in [0.3, 0.4) is 0 Å². The first-order chi connectivity index (χ1) is 11.8. The Morgan fingerprint density at radius 3 is 3.08 bits per heavy atom. The molecule has 24 heavy (non-hydrogen) atoms. The molecule has 0 unspecified atom stereocenters. The topological polar surface area (TPSA) is 64.3 Å². The molecule has 124 valence electrons. The number of ether oxygens (including phenoxy) is 1. The molecule has 4 rings (SSSR count). The quantitative estimate of drug-likeness (QED) is 0.707. The molecule has 7 heteroatoms. The van der Waals surface area contributed by atoms with Crippen molar-refractivity contribution in [2.75, 3.05) is 13.7 Å². The molecule has 0 N–H and O–H groups in total. The average Bonchev–Trinajstić information content (AvgIpc) is 3.37. The number of rotatable bonds is 5. The maximum Gasteiger partial charge on any atom is 0.244 e. The Hall–Kier alpha value is -2.25. The SMILES string of the molecule is COc1ccc(-c2noc([C@H]3CCCN3Cc3cccs3)n2)cn1. The summed E-state index contributed by atoms with van der Waals surface area (Å²) in [5, 5.41) is 6.24. The van der Waals surface area contributed by atoms with Crippen LogP contribution in [-0.2, 0) is 6.54 Å². The number of likely N-dealkylation sites (tertiary alicyclic amines) is 1. The van der Waals surface area contributed by atoms with Crippen LogP contribution in [0.5, 0.6) is 5.88 Å². The van der Waals surface area contributed by atoms with Crippen molar-refractivity contribution in [2.45, 2.75) is 25.4 Å². The molecule has 0 radical (unpaired) electrons. The van der Waals surface area contributed by atoms with E-state index in [1.807, 2.05) is 6.07 Å². The summed E-state index contributed by atoms with van der Waals surface area (Å²) in [4.78, 5) is 12.6. The Morgan fingerprint density at radius 1 is 1.38 bits per heavy atom. The number of hydrogen-bond acceptors (Lipinski definition) is 7. The van der Waals surface area contributed by atoms with E-state index in [2.05, 4.69) is 37.5 Å². The van der Waals surface area contributed by atoms with E-state index in [0.29, 0.717) is 17.6 Å². The first-order valence-electron chi connectivity index (χ1n) is 7.94. The van der Waals surface area contributed by atoms with Crippen molar-refractivity contribution in [1.82, 2.24) is 20.0 Å². The summed E-state index contributed by atoms with van der Waals surface area (Å²) in [6.07, 6.45) is 3.90. The number of pyridine rings is 1. The summed E-state index contributed by atoms with van der Waals surface area (Å²) in [6, 6.07) is 8.14. The molecule has 0 amide bonds. The summed E-state index contributed by atoms with van der Waals surface area (Å²) >= 11 is 1.78. The standard InChI is InChI=1S/C17H18N4O2S/c1-22-15-7-6-12(10-18-15)16-19-17(23-20-16)14-5-2-8-21(14)11-13-4-3-9-24-13/h3-4,6-7,9-10,14H,2,5,8,11H2,1H3/t14-/m1/s1. The highest BCUT2D eigenvalue weighted by atomic mass is 32.1. The first kappa shape index (κ1) is 15.3. The van der Waals surface area contributed by atoms with Crippen LogP contribution in [0.4, 0.5) is 0 Å². The second kappa shape index (κ2) is 6.70. The Bertz CT molecular complexity index is 785. The third-order valence-corrected chi connectivity index (χ3v) is 5.09. The van der Waals surface area contributed by atoms with Crippen LogP contribution in [-0.4, -0.2) is 33.7 Å². The molecular weight excluding hydrogens is 324 g/mol. The van der Waals surface area contributed by atoms with Crippen molar-refractivity contribution in [3.05, 3.63) is 46.6 Å². The van der Waals surface area contributed by atoms with Gasteiger partial charge in [0.05, 0.1) is 13.2 Å². The normalized spacial score (nSPS) is 18.1. The molecule has 1 aliphatic rings. The van der Waals surface area contributed by atoms with Crippen LogP contribution in [0.1, 0.15) is 29.7 Å². The van der Waals surface area contributed by atoms with Crippen LogP contribution in [0.25, 0.3) is 11.4 Å². The molecule has 0 saturated carbocycles. The second-order valence-corrected chi connectivity index (χ2v) is 6.79. The fourth-order valence-electron chi connectivity index (χ4n) is 3.02. The lowest BCUT2D eigenvalue weighted by Crippen LogP contribution is -2.22. The van der Waals surface area contributed by atoms with E-state index in [-0.39, 0.29) is 6.04 Å². The van der Waals surface area contributed by atoms with E-state index in [4.69, 9.17) is 9.26 Å². The maximum absolute atomic E-state index is 5.55. The Balaban J connectivity index is 1.52. The third kappa shape index (κ3) is 3.05. The summed E-state index contributed by atoms with van der Waals surface area (Å²) < 4.78 is 10.6.